The first-order valence-corrected chi connectivity index (χ1v) is 5.85. The molecule has 2 rings (SSSR count). The summed E-state index contributed by atoms with van der Waals surface area (Å²) in [4.78, 5) is 11.4. The molecule has 0 radical (unpaired) electrons. The average Bonchev–Trinajstić information content (AvgIpc) is 2.39. The van der Waals surface area contributed by atoms with Gasteiger partial charge < -0.3 is 5.11 Å². The van der Waals surface area contributed by atoms with Crippen molar-refractivity contribution in [2.45, 2.75) is 19.8 Å². The first-order chi connectivity index (χ1) is 8.18. The van der Waals surface area contributed by atoms with Crippen LogP contribution in [0.5, 0.6) is 0 Å². The molecule has 17 heavy (non-hydrogen) atoms. The zero-order valence-electron chi connectivity index (χ0n) is 9.89. The van der Waals surface area contributed by atoms with Crippen molar-refractivity contribution in [2.24, 2.45) is 5.41 Å². The van der Waals surface area contributed by atoms with Gasteiger partial charge in [0.1, 0.15) is 0 Å². The number of hydrogen-bond donors (Lipinski definition) is 1. The van der Waals surface area contributed by atoms with E-state index in [-0.39, 0.29) is 0 Å². The van der Waals surface area contributed by atoms with E-state index in [1.165, 1.54) is 0 Å². The highest BCUT2D eigenvalue weighted by atomic mass is 16.4. The van der Waals surface area contributed by atoms with Crippen LogP contribution in [-0.2, 0) is 4.79 Å². The number of hydrogen-bond acceptors (Lipinski definition) is 1. The summed E-state index contributed by atoms with van der Waals surface area (Å²) in [6.07, 6.45) is 6.86. The Morgan fingerprint density at radius 1 is 1.35 bits per heavy atom. The molecule has 1 aromatic carbocycles. The number of carboxylic acid groups (broad SMARTS) is 1. The number of rotatable bonds is 3. The SMILES string of the molecule is CCC1(C(=O)O)C=CC=C(c2ccccc2)C1. The molecule has 0 amide bonds. The largest absolute Gasteiger partial charge is 0.481 e. The molecule has 1 atom stereocenters. The third-order valence-corrected chi connectivity index (χ3v) is 3.42. The maximum absolute atomic E-state index is 11.4. The van der Waals surface area contributed by atoms with Gasteiger partial charge in [-0.05, 0) is 24.0 Å². The highest BCUT2D eigenvalue weighted by molar-refractivity contribution is 5.83. The molecule has 0 fully saturated rings. The summed E-state index contributed by atoms with van der Waals surface area (Å²) < 4.78 is 0. The Labute approximate surface area is 101 Å². The average molecular weight is 228 g/mol. The van der Waals surface area contributed by atoms with Gasteiger partial charge in [0.25, 0.3) is 0 Å². The third-order valence-electron chi connectivity index (χ3n) is 3.42. The molecule has 1 aromatic rings. The van der Waals surface area contributed by atoms with Gasteiger partial charge in [-0.2, -0.15) is 0 Å². The molecule has 0 bridgehead atoms. The van der Waals surface area contributed by atoms with E-state index in [0.717, 1.165) is 11.1 Å². The molecule has 0 aromatic heterocycles. The van der Waals surface area contributed by atoms with Crippen LogP contribution in [0, 0.1) is 5.41 Å². The van der Waals surface area contributed by atoms with E-state index in [1.54, 1.807) is 0 Å². The van der Waals surface area contributed by atoms with Crippen LogP contribution in [0.15, 0.2) is 48.6 Å². The van der Waals surface area contributed by atoms with Gasteiger partial charge in [-0.15, -0.1) is 0 Å². The number of carbonyl (C=O) groups is 1. The van der Waals surface area contributed by atoms with Crippen LogP contribution in [0.1, 0.15) is 25.3 Å². The number of carboxylic acids is 1. The maximum Gasteiger partial charge on any atom is 0.313 e. The van der Waals surface area contributed by atoms with E-state index in [4.69, 9.17) is 0 Å². The van der Waals surface area contributed by atoms with Crippen molar-refractivity contribution >= 4 is 11.5 Å². The monoisotopic (exact) mass is 228 g/mol. The molecule has 1 aliphatic rings. The number of allylic oxidation sites excluding steroid dienone is 3. The van der Waals surface area contributed by atoms with E-state index >= 15 is 0 Å². The summed E-state index contributed by atoms with van der Waals surface area (Å²) >= 11 is 0. The van der Waals surface area contributed by atoms with Gasteiger partial charge in [0.2, 0.25) is 0 Å². The minimum absolute atomic E-state index is 0.569. The summed E-state index contributed by atoms with van der Waals surface area (Å²) in [6, 6.07) is 9.96. The lowest BCUT2D eigenvalue weighted by Crippen LogP contribution is -2.29. The van der Waals surface area contributed by atoms with Gasteiger partial charge in [0.05, 0.1) is 5.41 Å². The molecule has 1 aliphatic carbocycles. The van der Waals surface area contributed by atoms with Crippen LogP contribution in [0.2, 0.25) is 0 Å². The highest BCUT2D eigenvalue weighted by Gasteiger charge is 2.36. The van der Waals surface area contributed by atoms with Gasteiger partial charge in [0, 0.05) is 0 Å². The molecule has 0 saturated heterocycles. The fourth-order valence-corrected chi connectivity index (χ4v) is 2.20. The van der Waals surface area contributed by atoms with Gasteiger partial charge in [-0.25, -0.2) is 0 Å². The molecule has 0 saturated carbocycles. The van der Waals surface area contributed by atoms with Crippen LogP contribution in [-0.4, -0.2) is 11.1 Å². The lowest BCUT2D eigenvalue weighted by atomic mass is 9.75. The standard InChI is InChI=1S/C15H16O2/c1-2-15(14(16)17)10-6-9-13(11-15)12-7-4-3-5-8-12/h3-10H,2,11H2,1H3,(H,16,17). The van der Waals surface area contributed by atoms with Crippen LogP contribution in [0.25, 0.3) is 5.57 Å². The maximum atomic E-state index is 11.4. The number of benzene rings is 1. The van der Waals surface area contributed by atoms with Crippen LogP contribution in [0.4, 0.5) is 0 Å². The number of aliphatic carboxylic acids is 1. The van der Waals surface area contributed by atoms with Crippen molar-refractivity contribution in [1.29, 1.82) is 0 Å². The van der Waals surface area contributed by atoms with Crippen LogP contribution in [0.3, 0.4) is 0 Å². The van der Waals surface area contributed by atoms with Gasteiger partial charge in [-0.1, -0.05) is 55.5 Å². The van der Waals surface area contributed by atoms with Crippen molar-refractivity contribution < 1.29 is 9.90 Å². The van der Waals surface area contributed by atoms with Crippen molar-refractivity contribution in [3.63, 3.8) is 0 Å². The summed E-state index contributed by atoms with van der Waals surface area (Å²) in [7, 11) is 0. The molecule has 2 nitrogen and oxygen atoms in total. The predicted octanol–water partition coefficient (Wildman–Crippen LogP) is 3.51. The molecule has 1 unspecified atom stereocenters. The summed E-state index contributed by atoms with van der Waals surface area (Å²) in [5.41, 5.74) is 1.47. The van der Waals surface area contributed by atoms with Crippen LogP contribution >= 0.6 is 0 Å². The smallest absolute Gasteiger partial charge is 0.313 e. The van der Waals surface area contributed by atoms with Gasteiger partial charge in [0.15, 0.2) is 0 Å². The second-order valence-electron chi connectivity index (χ2n) is 4.41. The fraction of sp³-hybridized carbons (Fsp3) is 0.267. The Morgan fingerprint density at radius 2 is 2.06 bits per heavy atom. The Balaban J connectivity index is 2.32. The molecule has 0 spiro atoms. The Morgan fingerprint density at radius 3 is 2.65 bits per heavy atom. The minimum Gasteiger partial charge on any atom is -0.481 e. The van der Waals surface area contributed by atoms with Crippen molar-refractivity contribution in [1.82, 2.24) is 0 Å². The molecule has 0 heterocycles. The second kappa shape index (κ2) is 4.58. The normalized spacial score (nSPS) is 23.2. The molecular weight excluding hydrogens is 212 g/mol. The lowest BCUT2D eigenvalue weighted by Gasteiger charge is -2.28. The van der Waals surface area contributed by atoms with Crippen molar-refractivity contribution in [2.75, 3.05) is 0 Å². The lowest BCUT2D eigenvalue weighted by molar-refractivity contribution is -0.146. The summed E-state index contributed by atoms with van der Waals surface area (Å²) in [5.74, 6) is -0.738. The topological polar surface area (TPSA) is 37.3 Å². The first kappa shape index (κ1) is 11.6. The molecule has 88 valence electrons. The quantitative estimate of drug-likeness (QED) is 0.859. The van der Waals surface area contributed by atoms with E-state index in [9.17, 15) is 9.90 Å². The first-order valence-electron chi connectivity index (χ1n) is 5.85. The fourth-order valence-electron chi connectivity index (χ4n) is 2.20. The molecular formula is C15H16O2. The van der Waals surface area contributed by atoms with E-state index in [0.29, 0.717) is 12.8 Å². The molecule has 0 aliphatic heterocycles. The van der Waals surface area contributed by atoms with E-state index in [1.807, 2.05) is 55.5 Å². The second-order valence-corrected chi connectivity index (χ2v) is 4.41. The summed E-state index contributed by atoms with van der Waals surface area (Å²) in [6.45, 7) is 1.92. The zero-order chi connectivity index (χ0) is 12.3. The van der Waals surface area contributed by atoms with E-state index < -0.39 is 11.4 Å². The Kier molecular flexibility index (Phi) is 3.14. The van der Waals surface area contributed by atoms with Gasteiger partial charge in [-0.3, -0.25) is 4.79 Å². The molecule has 1 N–H and O–H groups in total. The molecule has 2 heteroatoms. The van der Waals surface area contributed by atoms with Crippen LogP contribution < -0.4 is 0 Å². The Hall–Kier alpha value is -1.83. The predicted molar refractivity (Wildman–Crippen MR) is 68.5 cm³/mol. The minimum atomic E-state index is -0.738. The highest BCUT2D eigenvalue weighted by Crippen LogP contribution is 2.38. The summed E-state index contributed by atoms with van der Waals surface area (Å²) in [5, 5.41) is 9.37. The van der Waals surface area contributed by atoms with E-state index in [2.05, 4.69) is 0 Å². The zero-order valence-corrected chi connectivity index (χ0v) is 9.89. The third kappa shape index (κ3) is 2.16. The Bertz CT molecular complexity index is 471. The van der Waals surface area contributed by atoms with Crippen molar-refractivity contribution in [3.05, 3.63) is 54.1 Å². The van der Waals surface area contributed by atoms with Gasteiger partial charge >= 0.3 is 5.97 Å². The van der Waals surface area contributed by atoms with Crippen molar-refractivity contribution in [3.8, 4) is 0 Å².